The molecule has 1 aromatic carbocycles. The summed E-state index contributed by atoms with van der Waals surface area (Å²) in [6.45, 7) is 0.346. The van der Waals surface area contributed by atoms with Crippen LogP contribution in [0.4, 0.5) is 0 Å². The maximum atomic E-state index is 11.9. The van der Waals surface area contributed by atoms with Crippen LogP contribution in [0.3, 0.4) is 0 Å². The van der Waals surface area contributed by atoms with Gasteiger partial charge in [-0.05, 0) is 17.7 Å². The highest BCUT2D eigenvalue weighted by Gasteiger charge is 2.09. The van der Waals surface area contributed by atoms with Crippen LogP contribution in [0.2, 0.25) is 0 Å². The molecule has 5 nitrogen and oxygen atoms in total. The van der Waals surface area contributed by atoms with Crippen LogP contribution in [-0.4, -0.2) is 24.1 Å². The van der Waals surface area contributed by atoms with Gasteiger partial charge in [-0.3, -0.25) is 4.79 Å². The monoisotopic (exact) mass is 291 g/mol. The summed E-state index contributed by atoms with van der Waals surface area (Å²) in [6, 6.07) is 8.06. The van der Waals surface area contributed by atoms with Gasteiger partial charge in [0, 0.05) is 18.0 Å². The summed E-state index contributed by atoms with van der Waals surface area (Å²) in [6.07, 6.45) is 0. The predicted octanol–water partition coefficient (Wildman–Crippen LogP) is 2.38. The summed E-state index contributed by atoms with van der Waals surface area (Å²) in [5.41, 5.74) is 1.06. The molecule has 0 fully saturated rings. The van der Waals surface area contributed by atoms with E-state index in [1.807, 2.05) is 0 Å². The number of methoxy groups -OCH3 is 1. The Morgan fingerprint density at radius 1 is 1.30 bits per heavy atom. The van der Waals surface area contributed by atoms with Gasteiger partial charge in [-0.15, -0.1) is 11.3 Å². The molecule has 0 unspecified atom stereocenters. The van der Waals surface area contributed by atoms with Gasteiger partial charge in [-0.2, -0.15) is 0 Å². The van der Waals surface area contributed by atoms with E-state index in [4.69, 9.17) is 9.84 Å². The minimum Gasteiger partial charge on any atom is -0.496 e. The SMILES string of the molecule is COc1csc(C(=O)NCc2ccc(C(=O)O)cc2)c1. The van der Waals surface area contributed by atoms with Crippen molar-refractivity contribution in [2.24, 2.45) is 0 Å². The number of carboxylic acid groups (broad SMARTS) is 1. The molecule has 0 spiro atoms. The molecular formula is C14H13NO4S. The molecule has 0 saturated carbocycles. The number of hydrogen-bond acceptors (Lipinski definition) is 4. The van der Waals surface area contributed by atoms with Crippen LogP contribution < -0.4 is 10.1 Å². The van der Waals surface area contributed by atoms with E-state index in [1.54, 1.807) is 30.7 Å². The number of thiophene rings is 1. The van der Waals surface area contributed by atoms with E-state index < -0.39 is 5.97 Å². The fourth-order valence-corrected chi connectivity index (χ4v) is 2.35. The van der Waals surface area contributed by atoms with Crippen molar-refractivity contribution in [2.45, 2.75) is 6.54 Å². The number of carboxylic acids is 1. The molecule has 0 radical (unpaired) electrons. The van der Waals surface area contributed by atoms with Crippen LogP contribution >= 0.6 is 11.3 Å². The van der Waals surface area contributed by atoms with Crippen LogP contribution in [0.5, 0.6) is 5.75 Å². The third-order valence-electron chi connectivity index (χ3n) is 2.69. The van der Waals surface area contributed by atoms with Gasteiger partial charge < -0.3 is 15.2 Å². The van der Waals surface area contributed by atoms with Crippen LogP contribution in [0.1, 0.15) is 25.6 Å². The number of rotatable bonds is 5. The van der Waals surface area contributed by atoms with Gasteiger partial charge in [0.2, 0.25) is 0 Å². The molecule has 6 heteroatoms. The topological polar surface area (TPSA) is 75.6 Å². The Kier molecular flexibility index (Phi) is 4.37. The van der Waals surface area contributed by atoms with Gasteiger partial charge in [-0.1, -0.05) is 12.1 Å². The largest absolute Gasteiger partial charge is 0.496 e. The van der Waals surface area contributed by atoms with Gasteiger partial charge >= 0.3 is 5.97 Å². The predicted molar refractivity (Wildman–Crippen MR) is 75.4 cm³/mol. The summed E-state index contributed by atoms with van der Waals surface area (Å²) in [5.74, 6) is -0.488. The van der Waals surface area contributed by atoms with Crippen molar-refractivity contribution in [3.63, 3.8) is 0 Å². The van der Waals surface area contributed by atoms with Gasteiger partial charge in [0.1, 0.15) is 5.75 Å². The zero-order valence-corrected chi connectivity index (χ0v) is 11.6. The first-order valence-electron chi connectivity index (χ1n) is 5.83. The molecule has 2 rings (SSSR count). The normalized spacial score (nSPS) is 10.1. The average Bonchev–Trinajstić information content (AvgIpc) is 2.94. The second kappa shape index (κ2) is 6.21. The van der Waals surface area contributed by atoms with Crippen LogP contribution in [0.15, 0.2) is 35.7 Å². The van der Waals surface area contributed by atoms with Gasteiger partial charge in [0.15, 0.2) is 0 Å². The maximum Gasteiger partial charge on any atom is 0.335 e. The first-order chi connectivity index (χ1) is 9.60. The number of ether oxygens (including phenoxy) is 1. The second-order valence-electron chi connectivity index (χ2n) is 4.04. The number of hydrogen-bond donors (Lipinski definition) is 2. The van der Waals surface area contributed by atoms with Crippen molar-refractivity contribution in [1.29, 1.82) is 0 Å². The first kappa shape index (κ1) is 14.1. The Morgan fingerprint density at radius 2 is 2.00 bits per heavy atom. The van der Waals surface area contributed by atoms with E-state index in [-0.39, 0.29) is 11.5 Å². The smallest absolute Gasteiger partial charge is 0.335 e. The molecule has 104 valence electrons. The maximum absolute atomic E-state index is 11.9. The summed E-state index contributed by atoms with van der Waals surface area (Å²) in [5, 5.41) is 13.3. The van der Waals surface area contributed by atoms with Crippen molar-refractivity contribution in [3.8, 4) is 5.75 Å². The summed E-state index contributed by atoms with van der Waals surface area (Å²) in [4.78, 5) is 23.2. The van der Waals surface area contributed by atoms with Crippen molar-refractivity contribution < 1.29 is 19.4 Å². The lowest BCUT2D eigenvalue weighted by Gasteiger charge is -2.04. The van der Waals surface area contributed by atoms with E-state index in [1.165, 1.54) is 23.5 Å². The molecule has 1 heterocycles. The lowest BCUT2D eigenvalue weighted by Crippen LogP contribution is -2.21. The standard InChI is InChI=1S/C14H13NO4S/c1-19-11-6-12(20-8-11)13(16)15-7-9-2-4-10(5-3-9)14(17)18/h2-6,8H,7H2,1H3,(H,15,16)(H,17,18). The molecule has 0 bridgehead atoms. The van der Waals surface area contributed by atoms with Crippen molar-refractivity contribution in [2.75, 3.05) is 7.11 Å². The number of aromatic carboxylic acids is 1. The van der Waals surface area contributed by atoms with Crippen molar-refractivity contribution in [1.82, 2.24) is 5.32 Å². The highest BCUT2D eigenvalue weighted by Crippen LogP contribution is 2.20. The first-order valence-corrected chi connectivity index (χ1v) is 6.71. The Labute approximate surface area is 119 Å². The Morgan fingerprint density at radius 3 is 2.55 bits per heavy atom. The third kappa shape index (κ3) is 3.36. The highest BCUT2D eigenvalue weighted by atomic mass is 32.1. The Bertz CT molecular complexity index is 618. The van der Waals surface area contributed by atoms with E-state index in [0.717, 1.165) is 5.56 Å². The number of benzene rings is 1. The van der Waals surface area contributed by atoms with Crippen molar-refractivity contribution in [3.05, 3.63) is 51.7 Å². The lowest BCUT2D eigenvalue weighted by molar-refractivity contribution is 0.0696. The fraction of sp³-hybridized carbons (Fsp3) is 0.143. The number of nitrogens with one attached hydrogen (secondary N) is 1. The summed E-state index contributed by atoms with van der Waals surface area (Å²) in [7, 11) is 1.55. The quantitative estimate of drug-likeness (QED) is 0.887. The molecule has 0 aliphatic heterocycles. The number of carbonyl (C=O) groups is 2. The summed E-state index contributed by atoms with van der Waals surface area (Å²) < 4.78 is 5.02. The number of carbonyl (C=O) groups excluding carboxylic acids is 1. The Hall–Kier alpha value is -2.34. The molecule has 0 aliphatic carbocycles. The Balaban J connectivity index is 1.94. The minimum absolute atomic E-state index is 0.180. The average molecular weight is 291 g/mol. The van der Waals surface area contributed by atoms with E-state index in [2.05, 4.69) is 5.32 Å². The molecular weight excluding hydrogens is 278 g/mol. The van der Waals surface area contributed by atoms with E-state index in [9.17, 15) is 9.59 Å². The molecule has 20 heavy (non-hydrogen) atoms. The zero-order valence-electron chi connectivity index (χ0n) is 10.8. The van der Waals surface area contributed by atoms with Crippen LogP contribution in [0.25, 0.3) is 0 Å². The van der Waals surface area contributed by atoms with E-state index in [0.29, 0.717) is 17.2 Å². The summed E-state index contributed by atoms with van der Waals surface area (Å²) >= 11 is 1.31. The van der Waals surface area contributed by atoms with E-state index >= 15 is 0 Å². The fourth-order valence-electron chi connectivity index (χ4n) is 1.58. The van der Waals surface area contributed by atoms with Crippen molar-refractivity contribution >= 4 is 23.2 Å². The van der Waals surface area contributed by atoms with Crippen LogP contribution in [0, 0.1) is 0 Å². The number of amides is 1. The molecule has 1 aromatic heterocycles. The lowest BCUT2D eigenvalue weighted by atomic mass is 10.1. The minimum atomic E-state index is -0.966. The van der Waals surface area contributed by atoms with Crippen LogP contribution in [-0.2, 0) is 6.54 Å². The zero-order chi connectivity index (χ0) is 14.5. The molecule has 1 amide bonds. The third-order valence-corrected chi connectivity index (χ3v) is 3.60. The highest BCUT2D eigenvalue weighted by molar-refractivity contribution is 7.12. The molecule has 2 aromatic rings. The van der Waals surface area contributed by atoms with Gasteiger partial charge in [0.05, 0.1) is 17.6 Å². The molecule has 0 saturated heterocycles. The van der Waals surface area contributed by atoms with Gasteiger partial charge in [0.25, 0.3) is 5.91 Å². The van der Waals surface area contributed by atoms with Gasteiger partial charge in [-0.25, -0.2) is 4.79 Å². The molecule has 0 aliphatic rings. The molecule has 2 N–H and O–H groups in total. The second-order valence-corrected chi connectivity index (χ2v) is 4.95. The molecule has 0 atom stereocenters.